The Bertz CT molecular complexity index is 803. The molecule has 0 bridgehead atoms. The Balaban J connectivity index is 1.65. The first kappa shape index (κ1) is 16.5. The molecule has 2 N–H and O–H groups in total. The van der Waals surface area contributed by atoms with E-state index in [1.54, 1.807) is 6.07 Å². The zero-order valence-corrected chi connectivity index (χ0v) is 14.3. The second kappa shape index (κ2) is 6.42. The maximum Gasteiger partial charge on any atom is 0.270 e. The summed E-state index contributed by atoms with van der Waals surface area (Å²) < 4.78 is 19.2. The molecule has 0 spiro atoms. The van der Waals surface area contributed by atoms with Crippen LogP contribution in [0.5, 0.6) is 0 Å². The Labute approximate surface area is 145 Å². The summed E-state index contributed by atoms with van der Waals surface area (Å²) in [6.45, 7) is 3.30. The molecule has 2 aliphatic rings. The topological polar surface area (TPSA) is 65.6 Å². The van der Waals surface area contributed by atoms with Gasteiger partial charge in [-0.25, -0.2) is 4.39 Å². The van der Waals surface area contributed by atoms with Gasteiger partial charge in [-0.2, -0.15) is 0 Å². The number of rotatable bonds is 2. The van der Waals surface area contributed by atoms with Crippen LogP contribution >= 0.6 is 0 Å². The van der Waals surface area contributed by atoms with Crippen LogP contribution < -0.4 is 0 Å². The van der Waals surface area contributed by atoms with Crippen molar-refractivity contribution in [3.63, 3.8) is 0 Å². The Morgan fingerprint density at radius 2 is 2.20 bits per heavy atom. The normalized spacial score (nSPS) is 27.2. The maximum absolute atomic E-state index is 13.6. The van der Waals surface area contributed by atoms with Gasteiger partial charge >= 0.3 is 0 Å². The number of aromatic amines is 1. The Kier molecular flexibility index (Phi) is 4.25. The van der Waals surface area contributed by atoms with E-state index >= 15 is 0 Å². The predicted octanol–water partition coefficient (Wildman–Crippen LogP) is 2.62. The third-order valence-corrected chi connectivity index (χ3v) is 5.59. The van der Waals surface area contributed by atoms with Crippen LogP contribution in [0.3, 0.4) is 0 Å². The number of carbonyl (C=O) groups excluding carboxylic acids is 1. The molecule has 0 radical (unpaired) electrons. The third kappa shape index (κ3) is 2.93. The Morgan fingerprint density at radius 3 is 2.96 bits per heavy atom. The number of nitrogens with zero attached hydrogens (tertiary/aromatic N) is 1. The van der Waals surface area contributed by atoms with Gasteiger partial charge in [0.15, 0.2) is 0 Å². The monoisotopic (exact) mass is 346 g/mol. The molecule has 2 aromatic rings. The van der Waals surface area contributed by atoms with Gasteiger partial charge in [0.1, 0.15) is 11.5 Å². The summed E-state index contributed by atoms with van der Waals surface area (Å²) in [6.07, 6.45) is 2.31. The number of aromatic nitrogens is 1. The van der Waals surface area contributed by atoms with Gasteiger partial charge in [-0.1, -0.05) is 6.42 Å². The number of fused-ring (bicyclic) bond motifs is 1. The van der Waals surface area contributed by atoms with E-state index in [1.165, 1.54) is 12.1 Å². The van der Waals surface area contributed by atoms with E-state index in [9.17, 15) is 14.3 Å². The molecule has 0 unspecified atom stereocenters. The molecule has 2 fully saturated rings. The molecule has 1 saturated carbocycles. The Morgan fingerprint density at radius 1 is 1.36 bits per heavy atom. The van der Waals surface area contributed by atoms with Crippen LogP contribution in [-0.4, -0.2) is 52.8 Å². The van der Waals surface area contributed by atoms with Gasteiger partial charge < -0.3 is 19.7 Å². The van der Waals surface area contributed by atoms with Crippen molar-refractivity contribution < 1.29 is 19.0 Å². The SMILES string of the molecule is Cc1cc(F)cc2[nH]c(C(=O)N3CCOC[C@@H]3[C@@H]3CCC[C@H]3O)cc12. The zero-order valence-electron chi connectivity index (χ0n) is 14.3. The fourth-order valence-electron chi connectivity index (χ4n) is 4.29. The van der Waals surface area contributed by atoms with Crippen molar-refractivity contribution in [2.24, 2.45) is 5.92 Å². The van der Waals surface area contributed by atoms with Gasteiger partial charge in [0.25, 0.3) is 5.91 Å². The molecule has 1 saturated heterocycles. The number of H-pyrrole nitrogens is 1. The molecule has 6 heteroatoms. The highest BCUT2D eigenvalue weighted by molar-refractivity contribution is 5.99. The number of aryl methyl sites for hydroxylation is 1. The summed E-state index contributed by atoms with van der Waals surface area (Å²) in [7, 11) is 0. The van der Waals surface area contributed by atoms with E-state index < -0.39 is 0 Å². The fourth-order valence-corrected chi connectivity index (χ4v) is 4.29. The van der Waals surface area contributed by atoms with Gasteiger partial charge in [-0.3, -0.25) is 4.79 Å². The van der Waals surface area contributed by atoms with Crippen molar-refractivity contribution in [3.05, 3.63) is 35.3 Å². The number of aliphatic hydroxyl groups excluding tert-OH is 1. The summed E-state index contributed by atoms with van der Waals surface area (Å²) >= 11 is 0. The number of nitrogens with one attached hydrogen (secondary N) is 1. The van der Waals surface area contributed by atoms with Crippen molar-refractivity contribution in [2.75, 3.05) is 19.8 Å². The molecule has 5 nitrogen and oxygen atoms in total. The van der Waals surface area contributed by atoms with Crippen molar-refractivity contribution >= 4 is 16.8 Å². The van der Waals surface area contributed by atoms with Gasteiger partial charge in [0.2, 0.25) is 0 Å². The van der Waals surface area contributed by atoms with Gasteiger partial charge in [0.05, 0.1) is 25.4 Å². The zero-order chi connectivity index (χ0) is 17.6. The lowest BCUT2D eigenvalue weighted by Gasteiger charge is -2.39. The standard InChI is InChI=1S/C19H23FN2O3/c1-11-7-12(20)8-15-14(11)9-16(21-15)19(24)22-5-6-25-10-17(22)13-3-2-4-18(13)23/h7-9,13,17-18,21,23H,2-6,10H2,1H3/t13-,17+,18+/m0/s1. The highest BCUT2D eigenvalue weighted by atomic mass is 19.1. The fraction of sp³-hybridized carbons (Fsp3) is 0.526. The van der Waals surface area contributed by atoms with Crippen LogP contribution in [0.25, 0.3) is 10.9 Å². The molecular formula is C19H23FN2O3. The molecule has 4 rings (SSSR count). The van der Waals surface area contributed by atoms with Crippen LogP contribution in [0.4, 0.5) is 4.39 Å². The van der Waals surface area contributed by atoms with E-state index in [0.717, 1.165) is 30.2 Å². The van der Waals surface area contributed by atoms with E-state index in [0.29, 0.717) is 31.0 Å². The van der Waals surface area contributed by atoms with Crippen molar-refractivity contribution in [2.45, 2.75) is 38.3 Å². The molecule has 2 heterocycles. The number of hydrogen-bond acceptors (Lipinski definition) is 3. The average Bonchev–Trinajstić information content (AvgIpc) is 3.20. The highest BCUT2D eigenvalue weighted by Gasteiger charge is 2.40. The first-order valence-electron chi connectivity index (χ1n) is 8.90. The van der Waals surface area contributed by atoms with E-state index in [4.69, 9.17) is 4.74 Å². The lowest BCUT2D eigenvalue weighted by atomic mass is 9.94. The second-order valence-corrected chi connectivity index (χ2v) is 7.17. The quantitative estimate of drug-likeness (QED) is 0.878. The molecule has 1 aliphatic heterocycles. The smallest absolute Gasteiger partial charge is 0.270 e. The van der Waals surface area contributed by atoms with Gasteiger partial charge in [0, 0.05) is 23.4 Å². The van der Waals surface area contributed by atoms with E-state index in [1.807, 2.05) is 11.8 Å². The van der Waals surface area contributed by atoms with Crippen LogP contribution in [0.1, 0.15) is 35.3 Å². The molecule has 3 atom stereocenters. The van der Waals surface area contributed by atoms with E-state index in [-0.39, 0.29) is 29.8 Å². The molecule has 1 amide bonds. The Hall–Kier alpha value is -1.92. The molecule has 1 aromatic carbocycles. The van der Waals surface area contributed by atoms with Crippen LogP contribution in [0.15, 0.2) is 18.2 Å². The number of benzene rings is 1. The average molecular weight is 346 g/mol. The summed E-state index contributed by atoms with van der Waals surface area (Å²) in [5.41, 5.74) is 1.89. The van der Waals surface area contributed by atoms with Crippen LogP contribution in [0, 0.1) is 18.7 Å². The van der Waals surface area contributed by atoms with Gasteiger partial charge in [-0.05, 0) is 43.5 Å². The first-order chi connectivity index (χ1) is 12.0. The van der Waals surface area contributed by atoms with Crippen LogP contribution in [0.2, 0.25) is 0 Å². The van der Waals surface area contributed by atoms with Crippen molar-refractivity contribution in [1.82, 2.24) is 9.88 Å². The minimum absolute atomic E-state index is 0.0628. The molecule has 1 aliphatic carbocycles. The molecule has 134 valence electrons. The summed E-state index contributed by atoms with van der Waals surface area (Å²) in [5.74, 6) is -0.361. The highest BCUT2D eigenvalue weighted by Crippen LogP contribution is 2.33. The number of carbonyl (C=O) groups is 1. The minimum atomic E-state index is -0.374. The van der Waals surface area contributed by atoms with Crippen LogP contribution in [-0.2, 0) is 4.74 Å². The molecule has 25 heavy (non-hydrogen) atoms. The minimum Gasteiger partial charge on any atom is -0.393 e. The third-order valence-electron chi connectivity index (χ3n) is 5.59. The van der Waals surface area contributed by atoms with Crippen molar-refractivity contribution in [3.8, 4) is 0 Å². The van der Waals surface area contributed by atoms with E-state index in [2.05, 4.69) is 4.98 Å². The maximum atomic E-state index is 13.6. The predicted molar refractivity (Wildman–Crippen MR) is 92.0 cm³/mol. The number of amides is 1. The lowest BCUT2D eigenvalue weighted by molar-refractivity contribution is -0.0385. The van der Waals surface area contributed by atoms with Gasteiger partial charge in [-0.15, -0.1) is 0 Å². The largest absolute Gasteiger partial charge is 0.393 e. The number of aliphatic hydroxyl groups is 1. The summed E-state index contributed by atoms with van der Waals surface area (Å²) in [6, 6.07) is 4.57. The first-order valence-corrected chi connectivity index (χ1v) is 8.90. The van der Waals surface area contributed by atoms with Crippen molar-refractivity contribution in [1.29, 1.82) is 0 Å². The number of halogens is 1. The lowest BCUT2D eigenvalue weighted by Crippen LogP contribution is -2.53. The number of morpholine rings is 1. The molecular weight excluding hydrogens is 323 g/mol. The summed E-state index contributed by atoms with van der Waals surface area (Å²) in [5, 5.41) is 11.1. The molecule has 1 aromatic heterocycles. The number of ether oxygens (including phenoxy) is 1. The summed E-state index contributed by atoms with van der Waals surface area (Å²) in [4.78, 5) is 18.0. The number of hydrogen-bond donors (Lipinski definition) is 2. The second-order valence-electron chi connectivity index (χ2n) is 7.17.